The topological polar surface area (TPSA) is 104 Å². The normalized spacial score (nSPS) is 12.9. The third-order valence-electron chi connectivity index (χ3n) is 5.09. The number of nitrogens with zero attached hydrogens (tertiary/aromatic N) is 2. The number of ether oxygens (including phenoxy) is 3. The molecule has 0 fully saturated rings. The molecule has 9 heteroatoms. The molecule has 0 radical (unpaired) electrons. The van der Waals surface area contributed by atoms with Crippen LogP contribution in [0.1, 0.15) is 13.3 Å². The van der Waals surface area contributed by atoms with Crippen LogP contribution in [0.2, 0.25) is 0 Å². The monoisotopic (exact) mass is 574 g/mol. The van der Waals surface area contributed by atoms with Crippen LogP contribution in [-0.4, -0.2) is 45.0 Å². The average molecular weight is 574 g/mol. The maximum atomic E-state index is 10.8. The zero-order valence-corrected chi connectivity index (χ0v) is 20.8. The lowest BCUT2D eigenvalue weighted by Gasteiger charge is -2.18. The lowest BCUT2D eigenvalue weighted by Crippen LogP contribution is -2.21. The van der Waals surface area contributed by atoms with Crippen molar-refractivity contribution < 1.29 is 28.5 Å². The molecule has 0 aliphatic heterocycles. The van der Waals surface area contributed by atoms with Crippen molar-refractivity contribution in [1.29, 1.82) is 0 Å². The molecule has 0 saturated heterocycles. The Labute approximate surface area is 210 Å². The third-order valence-corrected chi connectivity index (χ3v) is 5.95. The van der Waals surface area contributed by atoms with Gasteiger partial charge in [0.05, 0.1) is 7.11 Å². The van der Waals surface area contributed by atoms with Crippen LogP contribution in [0.25, 0.3) is 33.6 Å². The Morgan fingerprint density at radius 3 is 2.50 bits per heavy atom. The van der Waals surface area contributed by atoms with Gasteiger partial charge in [-0.3, -0.25) is 0 Å². The fourth-order valence-corrected chi connectivity index (χ4v) is 4.45. The van der Waals surface area contributed by atoms with Crippen LogP contribution < -0.4 is 9.47 Å². The van der Waals surface area contributed by atoms with Crippen molar-refractivity contribution in [3.05, 3.63) is 60.9 Å². The zero-order valence-electron chi connectivity index (χ0n) is 18.6. The summed E-state index contributed by atoms with van der Waals surface area (Å²) in [5.41, 5.74) is 3.04. The number of carbonyl (C=O) groups is 1. The number of alkyl halides is 1. The molecule has 4 aromatic rings. The number of fused-ring (bicyclic) bond motifs is 1. The van der Waals surface area contributed by atoms with E-state index in [1.807, 2.05) is 61.5 Å². The number of carboxylic acids is 1. The second-order valence-corrected chi connectivity index (χ2v) is 8.93. The fourth-order valence-electron chi connectivity index (χ4n) is 3.55. The smallest absolute Gasteiger partial charge is 0.329 e. The molecule has 0 amide bonds. The van der Waals surface area contributed by atoms with Crippen molar-refractivity contribution in [2.45, 2.75) is 23.6 Å². The van der Waals surface area contributed by atoms with E-state index in [-0.39, 0.29) is 16.8 Å². The summed E-state index contributed by atoms with van der Waals surface area (Å²) in [5.74, 6) is 0.781. The number of carboxylic acid groups (broad SMARTS) is 1. The van der Waals surface area contributed by atoms with Gasteiger partial charge in [-0.25, -0.2) is 14.8 Å². The van der Waals surface area contributed by atoms with Gasteiger partial charge in [0.15, 0.2) is 0 Å². The highest BCUT2D eigenvalue weighted by Crippen LogP contribution is 2.43. The van der Waals surface area contributed by atoms with E-state index >= 15 is 0 Å². The van der Waals surface area contributed by atoms with Gasteiger partial charge < -0.3 is 23.7 Å². The zero-order chi connectivity index (χ0) is 24.1. The Kier molecular flexibility index (Phi) is 7.63. The van der Waals surface area contributed by atoms with E-state index < -0.39 is 5.97 Å². The van der Waals surface area contributed by atoms with Crippen molar-refractivity contribution in [1.82, 2.24) is 9.97 Å². The van der Waals surface area contributed by atoms with Gasteiger partial charge in [0.1, 0.15) is 40.0 Å². The Hall–Kier alpha value is -3.18. The van der Waals surface area contributed by atoms with E-state index in [0.29, 0.717) is 29.2 Å². The van der Waals surface area contributed by atoms with Crippen LogP contribution >= 0.6 is 22.6 Å². The first-order chi connectivity index (χ1) is 16.5. The van der Waals surface area contributed by atoms with Crippen LogP contribution in [0.15, 0.2) is 65.3 Å². The Bertz CT molecular complexity index is 1260. The van der Waals surface area contributed by atoms with Crippen LogP contribution in [-0.2, 0) is 9.53 Å². The molecule has 0 aliphatic rings. The maximum absolute atomic E-state index is 10.8. The summed E-state index contributed by atoms with van der Waals surface area (Å²) in [5, 5.41) is 9.49. The molecule has 0 aliphatic carbocycles. The summed E-state index contributed by atoms with van der Waals surface area (Å²) in [6.45, 7) is 1.52. The molecule has 4 rings (SSSR count). The number of hydrogen-bond donors (Lipinski definition) is 1. The summed E-state index contributed by atoms with van der Waals surface area (Å²) >= 11 is 2.06. The van der Waals surface area contributed by atoms with Crippen LogP contribution in [0.4, 0.5) is 0 Å². The summed E-state index contributed by atoms with van der Waals surface area (Å²) in [6, 6.07) is 17.5. The second kappa shape index (κ2) is 10.8. The van der Waals surface area contributed by atoms with Gasteiger partial charge in [-0.15, -0.1) is 0 Å². The van der Waals surface area contributed by atoms with Gasteiger partial charge in [0.25, 0.3) is 0 Å². The minimum absolute atomic E-state index is 0.299. The highest BCUT2D eigenvalue weighted by molar-refractivity contribution is 14.1. The first-order valence-electron chi connectivity index (χ1n) is 10.6. The van der Waals surface area contributed by atoms with Crippen LogP contribution in [0, 0.1) is 0 Å². The highest BCUT2D eigenvalue weighted by Gasteiger charge is 2.24. The number of benzene rings is 2. The van der Waals surface area contributed by atoms with Crippen molar-refractivity contribution >= 4 is 39.7 Å². The van der Waals surface area contributed by atoms with Gasteiger partial charge in [-0.05, 0) is 24.6 Å². The number of aliphatic carboxylic acids is 1. The molecule has 1 N–H and O–H groups in total. The molecule has 176 valence electrons. The number of halogens is 1. The molecule has 0 spiro atoms. The second-order valence-electron chi connectivity index (χ2n) is 7.54. The number of rotatable bonds is 10. The Morgan fingerprint density at radius 1 is 1.09 bits per heavy atom. The number of hydrogen-bond acceptors (Lipinski definition) is 7. The molecular weight excluding hydrogens is 551 g/mol. The van der Waals surface area contributed by atoms with E-state index in [2.05, 4.69) is 32.6 Å². The summed E-state index contributed by atoms with van der Waals surface area (Å²) < 4.78 is 22.7. The van der Waals surface area contributed by atoms with Gasteiger partial charge >= 0.3 is 5.97 Å². The molecule has 2 aromatic heterocycles. The SMILES string of the molecule is COc1ccc(-c2c(-c3ccccc3)oc3ncnc(OC(C)CC(I)OCC(=O)O)c23)cc1. The molecular formula is C25H23IN2O6. The van der Waals surface area contributed by atoms with E-state index in [9.17, 15) is 4.79 Å². The predicted octanol–water partition coefficient (Wildman–Crippen LogP) is 5.59. The number of aromatic nitrogens is 2. The maximum Gasteiger partial charge on any atom is 0.329 e. The van der Waals surface area contributed by atoms with E-state index in [1.54, 1.807) is 7.11 Å². The van der Waals surface area contributed by atoms with Gasteiger partial charge in [0.2, 0.25) is 11.6 Å². The number of methoxy groups -OCH3 is 1. The molecule has 0 bridgehead atoms. The standard InChI is InChI=1S/C25H23IN2O6/c1-15(12-19(26)32-13-20(29)30)33-24-22-21(16-8-10-18(31-2)11-9-16)23(17-6-4-3-5-7-17)34-25(22)28-14-27-24/h3-11,14-15,19H,12-13H2,1-2H3,(H,29,30). The van der Waals surface area contributed by atoms with E-state index in [1.165, 1.54) is 6.33 Å². The van der Waals surface area contributed by atoms with Crippen LogP contribution in [0.5, 0.6) is 11.6 Å². The first-order valence-corrected chi connectivity index (χ1v) is 11.8. The molecule has 34 heavy (non-hydrogen) atoms. The minimum Gasteiger partial charge on any atom is -0.497 e. The van der Waals surface area contributed by atoms with Crippen molar-refractivity contribution in [2.75, 3.05) is 13.7 Å². The van der Waals surface area contributed by atoms with E-state index in [4.69, 9.17) is 23.7 Å². The largest absolute Gasteiger partial charge is 0.497 e. The van der Waals surface area contributed by atoms with Crippen molar-refractivity contribution in [2.24, 2.45) is 0 Å². The number of furan rings is 1. The molecule has 2 aromatic carbocycles. The van der Waals surface area contributed by atoms with Gasteiger partial charge in [-0.1, -0.05) is 65.1 Å². The van der Waals surface area contributed by atoms with Crippen LogP contribution in [0.3, 0.4) is 0 Å². The summed E-state index contributed by atoms with van der Waals surface area (Å²) in [4.78, 5) is 19.5. The average Bonchev–Trinajstić information content (AvgIpc) is 3.24. The van der Waals surface area contributed by atoms with Crippen molar-refractivity contribution in [3.8, 4) is 34.1 Å². The lowest BCUT2D eigenvalue weighted by molar-refractivity contribution is -0.142. The molecule has 2 unspecified atom stereocenters. The first kappa shape index (κ1) is 24.0. The van der Waals surface area contributed by atoms with E-state index in [0.717, 1.165) is 22.4 Å². The third kappa shape index (κ3) is 5.48. The molecule has 2 heterocycles. The van der Waals surface area contributed by atoms with Crippen molar-refractivity contribution in [3.63, 3.8) is 0 Å². The molecule has 2 atom stereocenters. The highest BCUT2D eigenvalue weighted by atomic mass is 127. The minimum atomic E-state index is -1.01. The predicted molar refractivity (Wildman–Crippen MR) is 135 cm³/mol. The van der Waals surface area contributed by atoms with Gasteiger partial charge in [0, 0.05) is 17.5 Å². The lowest BCUT2D eigenvalue weighted by atomic mass is 9.99. The molecule has 0 saturated carbocycles. The Morgan fingerprint density at radius 2 is 1.82 bits per heavy atom. The van der Waals surface area contributed by atoms with Gasteiger partial charge in [-0.2, -0.15) is 0 Å². The fraction of sp³-hybridized carbons (Fsp3) is 0.240. The summed E-state index contributed by atoms with van der Waals surface area (Å²) in [7, 11) is 1.62. The summed E-state index contributed by atoms with van der Waals surface area (Å²) in [6.07, 6.45) is 1.58. The molecule has 8 nitrogen and oxygen atoms in total. The quantitative estimate of drug-likeness (QED) is 0.193. The Balaban J connectivity index is 1.75.